The standard InChI is InChI=1S/C26H25ClN4O4S/c1-13-8-16(9-14(2)15(13)3)23-24(35-7-5-17-4-6-34-17)19-10-18(20(27)11-21(19)29-26(23)33)25(32)30-22-12-28-36-31-22/h8-12,17H,4-7H2,1-3H3,(H,29,33)(H,30,31,32)/t17-/m1/s1. The van der Waals surface area contributed by atoms with E-state index in [-0.39, 0.29) is 22.2 Å². The van der Waals surface area contributed by atoms with Gasteiger partial charge in [0.1, 0.15) is 5.75 Å². The summed E-state index contributed by atoms with van der Waals surface area (Å²) in [5.74, 6) is 0.320. The lowest BCUT2D eigenvalue weighted by atomic mass is 9.95. The SMILES string of the molecule is Cc1cc(-c2c(OCC[C@H]3CCO3)c3cc(C(=O)Nc4cnsn4)c(Cl)cc3[nH]c2=O)cc(C)c1C. The zero-order valence-corrected chi connectivity index (χ0v) is 21.7. The van der Waals surface area contributed by atoms with Crippen LogP contribution in [0.4, 0.5) is 5.82 Å². The molecule has 0 aliphatic carbocycles. The number of benzene rings is 2. The number of H-pyrrole nitrogens is 1. The Morgan fingerprint density at radius 1 is 1.25 bits per heavy atom. The number of aryl methyl sites for hydroxylation is 2. The summed E-state index contributed by atoms with van der Waals surface area (Å²) in [6.45, 7) is 7.22. The van der Waals surface area contributed by atoms with Gasteiger partial charge in [0, 0.05) is 18.4 Å². The van der Waals surface area contributed by atoms with Crippen molar-refractivity contribution in [2.45, 2.75) is 39.7 Å². The summed E-state index contributed by atoms with van der Waals surface area (Å²) in [4.78, 5) is 29.3. The summed E-state index contributed by atoms with van der Waals surface area (Å²) in [5.41, 5.74) is 4.92. The zero-order chi connectivity index (χ0) is 25.4. The second kappa shape index (κ2) is 10.0. The summed E-state index contributed by atoms with van der Waals surface area (Å²) >= 11 is 7.45. The molecule has 2 N–H and O–H groups in total. The number of nitrogens with zero attached hydrogens (tertiary/aromatic N) is 2. The van der Waals surface area contributed by atoms with Gasteiger partial charge in [-0.3, -0.25) is 9.59 Å². The molecule has 36 heavy (non-hydrogen) atoms. The van der Waals surface area contributed by atoms with Crippen LogP contribution in [0.5, 0.6) is 5.75 Å². The third kappa shape index (κ3) is 4.74. The van der Waals surface area contributed by atoms with Crippen molar-refractivity contribution in [3.05, 3.63) is 68.1 Å². The molecule has 2 aromatic heterocycles. The van der Waals surface area contributed by atoms with E-state index >= 15 is 0 Å². The number of fused-ring (bicyclic) bond motifs is 1. The topological polar surface area (TPSA) is 106 Å². The van der Waals surface area contributed by atoms with Crippen molar-refractivity contribution in [1.82, 2.24) is 13.7 Å². The van der Waals surface area contributed by atoms with E-state index in [9.17, 15) is 9.59 Å². The predicted molar refractivity (Wildman–Crippen MR) is 142 cm³/mol. The quantitative estimate of drug-likeness (QED) is 0.333. The maximum absolute atomic E-state index is 13.4. The Hall–Kier alpha value is -3.27. The molecule has 186 valence electrons. The number of aromatic amines is 1. The lowest BCUT2D eigenvalue weighted by Gasteiger charge is -2.26. The van der Waals surface area contributed by atoms with Gasteiger partial charge in [0.05, 0.1) is 52.3 Å². The Morgan fingerprint density at radius 3 is 2.64 bits per heavy atom. The van der Waals surface area contributed by atoms with Crippen molar-refractivity contribution in [3.63, 3.8) is 0 Å². The lowest BCUT2D eigenvalue weighted by molar-refractivity contribution is -0.0595. The number of carbonyl (C=O) groups is 1. The average molecular weight is 525 g/mol. The van der Waals surface area contributed by atoms with Gasteiger partial charge in [0.25, 0.3) is 11.5 Å². The summed E-state index contributed by atoms with van der Waals surface area (Å²) in [6, 6.07) is 7.19. The van der Waals surface area contributed by atoms with Crippen molar-refractivity contribution in [2.75, 3.05) is 18.5 Å². The molecule has 0 saturated carbocycles. The molecule has 10 heteroatoms. The first-order chi connectivity index (χ1) is 17.3. The van der Waals surface area contributed by atoms with Gasteiger partial charge in [0.2, 0.25) is 0 Å². The number of amides is 1. The van der Waals surface area contributed by atoms with E-state index in [1.54, 1.807) is 12.1 Å². The van der Waals surface area contributed by atoms with Crippen LogP contribution in [0.2, 0.25) is 5.02 Å². The van der Waals surface area contributed by atoms with Crippen LogP contribution in [0.25, 0.3) is 22.0 Å². The number of nitrogens with one attached hydrogen (secondary N) is 2. The first-order valence-corrected chi connectivity index (χ1v) is 12.7. The largest absolute Gasteiger partial charge is 0.492 e. The smallest absolute Gasteiger partial charge is 0.260 e. The van der Waals surface area contributed by atoms with Crippen molar-refractivity contribution < 1.29 is 14.3 Å². The second-order valence-electron chi connectivity index (χ2n) is 8.94. The molecule has 1 saturated heterocycles. The van der Waals surface area contributed by atoms with Crippen molar-refractivity contribution in [3.8, 4) is 16.9 Å². The lowest BCUT2D eigenvalue weighted by Crippen LogP contribution is -2.28. The molecule has 0 unspecified atom stereocenters. The van der Waals surface area contributed by atoms with Gasteiger partial charge in [-0.1, -0.05) is 23.7 Å². The van der Waals surface area contributed by atoms with E-state index in [0.717, 1.165) is 41.4 Å². The Kier molecular flexibility index (Phi) is 6.79. The van der Waals surface area contributed by atoms with Gasteiger partial charge in [-0.2, -0.15) is 8.75 Å². The maximum Gasteiger partial charge on any atom is 0.260 e. The van der Waals surface area contributed by atoms with Gasteiger partial charge in [-0.25, -0.2) is 0 Å². The molecule has 4 aromatic rings. The molecule has 1 atom stereocenters. The first-order valence-electron chi connectivity index (χ1n) is 11.6. The van der Waals surface area contributed by atoms with Gasteiger partial charge < -0.3 is 19.8 Å². The minimum Gasteiger partial charge on any atom is -0.492 e. The average Bonchev–Trinajstić information content (AvgIpc) is 3.31. The minimum absolute atomic E-state index is 0.160. The van der Waals surface area contributed by atoms with Crippen LogP contribution in [0, 0.1) is 20.8 Å². The van der Waals surface area contributed by atoms with Crippen LogP contribution in [0.1, 0.15) is 39.9 Å². The normalized spacial score (nSPS) is 15.1. The van der Waals surface area contributed by atoms with Crippen molar-refractivity contribution in [2.24, 2.45) is 0 Å². The molecule has 5 rings (SSSR count). The molecule has 1 aliphatic rings. The number of hydrogen-bond donors (Lipinski definition) is 2. The van der Waals surface area contributed by atoms with Crippen molar-refractivity contribution >= 4 is 46.0 Å². The fourth-order valence-corrected chi connectivity index (χ4v) is 4.89. The zero-order valence-electron chi connectivity index (χ0n) is 20.1. The molecule has 2 aromatic carbocycles. The number of halogens is 1. The van der Waals surface area contributed by atoms with Gasteiger partial charge in [-0.15, -0.1) is 0 Å². The van der Waals surface area contributed by atoms with E-state index in [2.05, 4.69) is 26.0 Å². The molecule has 0 radical (unpaired) electrons. The number of rotatable bonds is 7. The Balaban J connectivity index is 1.65. The van der Waals surface area contributed by atoms with E-state index in [0.29, 0.717) is 41.1 Å². The molecule has 0 spiro atoms. The highest BCUT2D eigenvalue weighted by atomic mass is 35.5. The molecular weight excluding hydrogens is 500 g/mol. The van der Waals surface area contributed by atoms with E-state index in [1.165, 1.54) is 11.8 Å². The summed E-state index contributed by atoms with van der Waals surface area (Å²) in [5, 5.41) is 3.48. The number of carbonyl (C=O) groups excluding carboxylic acids is 1. The highest BCUT2D eigenvalue weighted by molar-refractivity contribution is 6.99. The van der Waals surface area contributed by atoms with Gasteiger partial charge >= 0.3 is 0 Å². The highest BCUT2D eigenvalue weighted by Crippen LogP contribution is 2.37. The Labute approximate surface area is 216 Å². The van der Waals surface area contributed by atoms with Crippen LogP contribution < -0.4 is 15.6 Å². The van der Waals surface area contributed by atoms with Gasteiger partial charge in [0.15, 0.2) is 5.82 Å². The predicted octanol–water partition coefficient (Wildman–Crippen LogP) is 5.44. The van der Waals surface area contributed by atoms with Crippen LogP contribution in [-0.4, -0.2) is 39.0 Å². The minimum atomic E-state index is -0.432. The number of hydrogen-bond acceptors (Lipinski definition) is 7. The fourth-order valence-electron chi connectivity index (χ4n) is 4.26. The fraction of sp³-hybridized carbons (Fsp3) is 0.308. The monoisotopic (exact) mass is 524 g/mol. The number of aromatic nitrogens is 3. The van der Waals surface area contributed by atoms with Gasteiger partial charge in [-0.05, 0) is 61.6 Å². The molecule has 3 heterocycles. The molecule has 0 bridgehead atoms. The molecular formula is C26H25ClN4O4S. The van der Waals surface area contributed by atoms with Crippen LogP contribution in [-0.2, 0) is 4.74 Å². The first kappa shape index (κ1) is 24.4. The van der Waals surface area contributed by atoms with Crippen LogP contribution in [0.3, 0.4) is 0 Å². The number of ether oxygens (including phenoxy) is 2. The molecule has 1 aliphatic heterocycles. The van der Waals surface area contributed by atoms with E-state index in [4.69, 9.17) is 21.1 Å². The summed E-state index contributed by atoms with van der Waals surface area (Å²) in [7, 11) is 0. The second-order valence-corrected chi connectivity index (χ2v) is 9.90. The van der Waals surface area contributed by atoms with Crippen molar-refractivity contribution in [1.29, 1.82) is 0 Å². The number of anilines is 1. The Bertz CT molecular complexity index is 1490. The highest BCUT2D eigenvalue weighted by Gasteiger charge is 2.23. The van der Waals surface area contributed by atoms with Crippen LogP contribution in [0.15, 0.2) is 35.3 Å². The molecule has 1 amide bonds. The third-order valence-electron chi connectivity index (χ3n) is 6.60. The maximum atomic E-state index is 13.4. The Morgan fingerprint density at radius 2 is 2.00 bits per heavy atom. The summed E-state index contributed by atoms with van der Waals surface area (Å²) in [6.07, 6.45) is 3.32. The molecule has 1 fully saturated rings. The third-order valence-corrected chi connectivity index (χ3v) is 7.39. The summed E-state index contributed by atoms with van der Waals surface area (Å²) < 4.78 is 19.7. The van der Waals surface area contributed by atoms with E-state index < -0.39 is 5.91 Å². The number of pyridine rings is 1. The molecule has 8 nitrogen and oxygen atoms in total. The van der Waals surface area contributed by atoms with E-state index in [1.807, 2.05) is 26.0 Å². The van der Waals surface area contributed by atoms with Crippen LogP contribution >= 0.6 is 23.3 Å².